The number of alkyl halides is 1. The van der Waals surface area contributed by atoms with E-state index >= 15 is 0 Å². The lowest BCUT2D eigenvalue weighted by molar-refractivity contribution is 0.0490. The van der Waals surface area contributed by atoms with Crippen LogP contribution in [0.3, 0.4) is 0 Å². The summed E-state index contributed by atoms with van der Waals surface area (Å²) in [5.74, 6) is 0.406. The molecule has 82 valence electrons. The van der Waals surface area contributed by atoms with E-state index in [0.717, 1.165) is 5.75 Å². The van der Waals surface area contributed by atoms with Crippen molar-refractivity contribution in [2.24, 2.45) is 0 Å². The maximum atomic E-state index is 11.4. The Balaban J connectivity index is 2.67. The van der Waals surface area contributed by atoms with Gasteiger partial charge in [0.05, 0.1) is 12.2 Å². The van der Waals surface area contributed by atoms with Crippen molar-refractivity contribution in [2.45, 2.75) is 18.9 Å². The molecule has 1 atom stereocenters. The summed E-state index contributed by atoms with van der Waals surface area (Å²) < 4.78 is 10.2. The second-order valence-corrected chi connectivity index (χ2v) is 4.20. The van der Waals surface area contributed by atoms with Crippen LogP contribution in [0, 0.1) is 0 Å². The van der Waals surface area contributed by atoms with Crippen molar-refractivity contribution in [3.05, 3.63) is 29.8 Å². The number of benzene rings is 1. The van der Waals surface area contributed by atoms with Gasteiger partial charge in [-0.2, -0.15) is 0 Å². The Morgan fingerprint density at radius 3 is 2.47 bits per heavy atom. The van der Waals surface area contributed by atoms with Crippen molar-refractivity contribution in [3.63, 3.8) is 0 Å². The van der Waals surface area contributed by atoms with Gasteiger partial charge >= 0.3 is 5.97 Å². The van der Waals surface area contributed by atoms with E-state index in [1.807, 2.05) is 6.92 Å². The van der Waals surface area contributed by atoms with Crippen LogP contribution in [0.1, 0.15) is 24.2 Å². The Hall–Kier alpha value is -1.03. The number of hydrogen-bond donors (Lipinski definition) is 0. The zero-order chi connectivity index (χ0) is 11.3. The van der Waals surface area contributed by atoms with Crippen LogP contribution in [0.25, 0.3) is 0 Å². The topological polar surface area (TPSA) is 35.5 Å². The number of carbonyl (C=O) groups excluding carboxylic acids is 1. The van der Waals surface area contributed by atoms with Gasteiger partial charge in [0.25, 0.3) is 0 Å². The van der Waals surface area contributed by atoms with E-state index in [1.54, 1.807) is 31.2 Å². The van der Waals surface area contributed by atoms with Crippen molar-refractivity contribution >= 4 is 21.9 Å². The van der Waals surface area contributed by atoms with E-state index in [2.05, 4.69) is 15.9 Å². The predicted octanol–water partition coefficient (Wildman–Crippen LogP) is 2.98. The van der Waals surface area contributed by atoms with Gasteiger partial charge in [0.1, 0.15) is 5.75 Å². The fraction of sp³-hybridized carbons (Fsp3) is 0.364. The van der Waals surface area contributed by atoms with Gasteiger partial charge in [0, 0.05) is 0 Å². The maximum absolute atomic E-state index is 11.4. The van der Waals surface area contributed by atoms with Gasteiger partial charge in [0.2, 0.25) is 0 Å². The summed E-state index contributed by atoms with van der Waals surface area (Å²) in [4.78, 5) is 11.4. The first-order valence-corrected chi connectivity index (χ1v) is 5.63. The maximum Gasteiger partial charge on any atom is 0.339 e. The van der Waals surface area contributed by atoms with E-state index in [0.29, 0.717) is 12.2 Å². The van der Waals surface area contributed by atoms with Crippen molar-refractivity contribution in [2.75, 3.05) is 6.61 Å². The fourth-order valence-electron chi connectivity index (χ4n) is 1.07. The van der Waals surface area contributed by atoms with E-state index in [-0.39, 0.29) is 11.0 Å². The summed E-state index contributed by atoms with van der Waals surface area (Å²) in [6.45, 7) is 4.27. The number of esters is 1. The Labute approximate surface area is 97.5 Å². The van der Waals surface area contributed by atoms with Crippen LogP contribution >= 0.6 is 15.9 Å². The van der Waals surface area contributed by atoms with Crippen LogP contribution < -0.4 is 4.74 Å². The molecular formula is C11H13BrO3. The largest absolute Gasteiger partial charge is 0.494 e. The third-order valence-electron chi connectivity index (χ3n) is 1.67. The molecule has 1 aromatic carbocycles. The summed E-state index contributed by atoms with van der Waals surface area (Å²) in [6, 6.07) is 6.86. The Bertz CT molecular complexity index is 319. The normalized spacial score (nSPS) is 11.9. The molecule has 1 unspecified atom stereocenters. The fourth-order valence-corrected chi connectivity index (χ4v) is 1.24. The molecular weight excluding hydrogens is 260 g/mol. The van der Waals surface area contributed by atoms with Crippen LogP contribution in [0.5, 0.6) is 5.75 Å². The molecule has 0 N–H and O–H groups in total. The van der Waals surface area contributed by atoms with Gasteiger partial charge in [-0.15, -0.1) is 0 Å². The first-order chi connectivity index (χ1) is 7.13. The number of carbonyl (C=O) groups is 1. The van der Waals surface area contributed by atoms with Gasteiger partial charge in [0.15, 0.2) is 5.01 Å². The molecule has 0 fully saturated rings. The van der Waals surface area contributed by atoms with E-state index in [1.165, 1.54) is 0 Å². The van der Waals surface area contributed by atoms with E-state index < -0.39 is 0 Å². The molecule has 0 bridgehead atoms. The van der Waals surface area contributed by atoms with Crippen LogP contribution in [0.2, 0.25) is 0 Å². The summed E-state index contributed by atoms with van der Waals surface area (Å²) in [5, 5.41) is -0.281. The molecule has 0 heterocycles. The Morgan fingerprint density at radius 2 is 2.00 bits per heavy atom. The monoisotopic (exact) mass is 272 g/mol. The first kappa shape index (κ1) is 12.0. The van der Waals surface area contributed by atoms with Crippen LogP contribution in [0.15, 0.2) is 24.3 Å². The lowest BCUT2D eigenvalue weighted by atomic mass is 10.2. The van der Waals surface area contributed by atoms with Crippen LogP contribution in [0.4, 0.5) is 0 Å². The second-order valence-electron chi connectivity index (χ2n) is 2.91. The molecule has 0 amide bonds. The second kappa shape index (κ2) is 5.75. The molecule has 0 saturated heterocycles. The third kappa shape index (κ3) is 3.91. The quantitative estimate of drug-likeness (QED) is 0.625. The molecule has 0 aliphatic carbocycles. The number of hydrogen-bond acceptors (Lipinski definition) is 3. The highest BCUT2D eigenvalue weighted by Gasteiger charge is 2.09. The van der Waals surface area contributed by atoms with E-state index in [9.17, 15) is 4.79 Å². The molecule has 0 aromatic heterocycles. The molecule has 0 spiro atoms. The van der Waals surface area contributed by atoms with Gasteiger partial charge in [-0.3, -0.25) is 0 Å². The number of halogens is 1. The highest BCUT2D eigenvalue weighted by atomic mass is 79.9. The molecule has 3 nitrogen and oxygen atoms in total. The first-order valence-electron chi connectivity index (χ1n) is 4.71. The van der Waals surface area contributed by atoms with Crippen molar-refractivity contribution in [3.8, 4) is 5.75 Å². The van der Waals surface area contributed by atoms with Gasteiger partial charge in [-0.05, 0) is 54.0 Å². The Kier molecular flexibility index (Phi) is 4.62. The number of rotatable bonds is 4. The van der Waals surface area contributed by atoms with Crippen LogP contribution in [-0.2, 0) is 4.74 Å². The zero-order valence-corrected chi connectivity index (χ0v) is 10.3. The molecule has 0 aliphatic rings. The van der Waals surface area contributed by atoms with Crippen molar-refractivity contribution in [1.29, 1.82) is 0 Å². The van der Waals surface area contributed by atoms with Crippen molar-refractivity contribution in [1.82, 2.24) is 0 Å². The third-order valence-corrected chi connectivity index (χ3v) is 1.86. The Morgan fingerprint density at radius 1 is 1.40 bits per heavy atom. The highest BCUT2D eigenvalue weighted by Crippen LogP contribution is 2.14. The molecule has 0 saturated carbocycles. The molecule has 0 radical (unpaired) electrons. The molecule has 1 rings (SSSR count). The van der Waals surface area contributed by atoms with Crippen molar-refractivity contribution < 1.29 is 14.3 Å². The van der Waals surface area contributed by atoms with Gasteiger partial charge < -0.3 is 9.47 Å². The summed E-state index contributed by atoms with van der Waals surface area (Å²) in [5.41, 5.74) is 0.518. The SMILES string of the molecule is CCOc1ccc(C(=O)OC(C)Br)cc1. The van der Waals surface area contributed by atoms with Crippen LogP contribution in [-0.4, -0.2) is 17.6 Å². The van der Waals surface area contributed by atoms with E-state index in [4.69, 9.17) is 9.47 Å². The minimum atomic E-state index is -0.345. The highest BCUT2D eigenvalue weighted by molar-refractivity contribution is 9.09. The lowest BCUT2D eigenvalue weighted by Crippen LogP contribution is -2.09. The summed E-state index contributed by atoms with van der Waals surface area (Å²) >= 11 is 3.14. The average Bonchev–Trinajstić information content (AvgIpc) is 2.18. The van der Waals surface area contributed by atoms with Gasteiger partial charge in [-0.25, -0.2) is 4.79 Å². The minimum Gasteiger partial charge on any atom is -0.494 e. The molecule has 0 aliphatic heterocycles. The molecule has 1 aromatic rings. The molecule has 4 heteroatoms. The number of ether oxygens (including phenoxy) is 2. The van der Waals surface area contributed by atoms with Gasteiger partial charge in [-0.1, -0.05) is 0 Å². The molecule has 15 heavy (non-hydrogen) atoms. The lowest BCUT2D eigenvalue weighted by Gasteiger charge is -2.07. The summed E-state index contributed by atoms with van der Waals surface area (Å²) in [7, 11) is 0. The predicted molar refractivity (Wildman–Crippen MR) is 61.4 cm³/mol. The summed E-state index contributed by atoms with van der Waals surface area (Å²) in [6.07, 6.45) is 0. The zero-order valence-electron chi connectivity index (χ0n) is 8.70. The smallest absolute Gasteiger partial charge is 0.339 e. The average molecular weight is 273 g/mol. The minimum absolute atomic E-state index is 0.281. The standard InChI is InChI=1S/C11H13BrO3/c1-3-14-10-6-4-9(5-7-10)11(13)15-8(2)12/h4-8H,3H2,1-2H3.